The first-order valence-corrected chi connectivity index (χ1v) is 13.6. The molecule has 5 nitrogen and oxygen atoms in total. The second-order valence-corrected chi connectivity index (χ2v) is 10.4. The third-order valence-electron chi connectivity index (χ3n) is 6.29. The maximum Gasteiger partial charge on any atom is 0.262 e. The molecule has 3 heterocycles. The van der Waals surface area contributed by atoms with Crippen LogP contribution in [0.3, 0.4) is 0 Å². The van der Waals surface area contributed by atoms with Gasteiger partial charge in [0.1, 0.15) is 0 Å². The highest BCUT2D eigenvalue weighted by atomic mass is 32.2. The average Bonchev–Trinajstić information content (AvgIpc) is 3.57. The van der Waals surface area contributed by atoms with Gasteiger partial charge in [-0.15, -0.1) is 11.3 Å². The molecule has 1 atom stereocenters. The average molecular weight is 490 g/mol. The van der Waals surface area contributed by atoms with Crippen LogP contribution >= 0.6 is 23.1 Å². The first-order chi connectivity index (χ1) is 16.7. The predicted molar refractivity (Wildman–Crippen MR) is 139 cm³/mol. The van der Waals surface area contributed by atoms with Crippen molar-refractivity contribution >= 4 is 39.9 Å². The summed E-state index contributed by atoms with van der Waals surface area (Å²) in [6, 6.07) is 22.1. The van der Waals surface area contributed by atoms with Gasteiger partial charge < -0.3 is 4.90 Å². The molecule has 1 aliphatic heterocycles. The number of benzene rings is 2. The number of rotatable bonds is 8. The van der Waals surface area contributed by atoms with Gasteiger partial charge in [0.2, 0.25) is 5.91 Å². The number of likely N-dealkylation sites (tertiary alicyclic amines) is 1. The van der Waals surface area contributed by atoms with Crippen LogP contribution in [0.15, 0.2) is 82.1 Å². The molecule has 1 aliphatic rings. The number of thiophene rings is 1. The number of aryl methyl sites for hydroxylation is 1. The number of fused-ring (bicyclic) bond motifs is 1. The number of amides is 1. The summed E-state index contributed by atoms with van der Waals surface area (Å²) in [4.78, 5) is 34.5. The standard InChI is InChI=1S/C27H27N3O2S2/c31-25(29-16-7-14-23(29)24-15-8-18-33-24)19-34-27-28-22-13-5-4-12-21(22)26(32)30(27)17-6-11-20-9-2-1-3-10-20/h1-5,8-10,12-13,15,18,23H,6-7,11,14,16-17,19H2. The summed E-state index contributed by atoms with van der Waals surface area (Å²) in [5.74, 6) is 0.393. The third kappa shape index (κ3) is 4.95. The van der Waals surface area contributed by atoms with E-state index in [1.54, 1.807) is 15.9 Å². The van der Waals surface area contributed by atoms with Crippen molar-refractivity contribution in [1.82, 2.24) is 14.5 Å². The summed E-state index contributed by atoms with van der Waals surface area (Å²) < 4.78 is 1.75. The van der Waals surface area contributed by atoms with E-state index >= 15 is 0 Å². The topological polar surface area (TPSA) is 55.2 Å². The van der Waals surface area contributed by atoms with Gasteiger partial charge in [0.15, 0.2) is 5.16 Å². The fourth-order valence-corrected chi connectivity index (χ4v) is 6.38. The zero-order valence-corrected chi connectivity index (χ0v) is 20.6. The molecule has 174 valence electrons. The second-order valence-electron chi connectivity index (χ2n) is 8.51. The molecule has 0 saturated carbocycles. The number of nitrogens with zero attached hydrogens (tertiary/aromatic N) is 3. The molecule has 2 aromatic heterocycles. The number of hydrogen-bond acceptors (Lipinski definition) is 5. The van der Waals surface area contributed by atoms with E-state index in [0.717, 1.165) is 32.2 Å². The molecule has 7 heteroatoms. The normalized spacial score (nSPS) is 15.8. The molecular formula is C27H27N3O2S2. The van der Waals surface area contributed by atoms with E-state index in [1.807, 2.05) is 53.4 Å². The van der Waals surface area contributed by atoms with Crippen LogP contribution in [0.1, 0.15) is 35.7 Å². The lowest BCUT2D eigenvalue weighted by Gasteiger charge is -2.24. The molecule has 0 radical (unpaired) electrons. The number of hydrogen-bond donors (Lipinski definition) is 0. The van der Waals surface area contributed by atoms with Crippen molar-refractivity contribution in [2.75, 3.05) is 12.3 Å². The molecule has 1 unspecified atom stereocenters. The summed E-state index contributed by atoms with van der Waals surface area (Å²) in [5.41, 5.74) is 1.90. The lowest BCUT2D eigenvalue weighted by atomic mass is 10.1. The van der Waals surface area contributed by atoms with Crippen LogP contribution < -0.4 is 5.56 Å². The summed E-state index contributed by atoms with van der Waals surface area (Å²) in [5, 5.41) is 3.31. The zero-order chi connectivity index (χ0) is 23.3. The Balaban J connectivity index is 1.34. The van der Waals surface area contributed by atoms with Gasteiger partial charge >= 0.3 is 0 Å². The van der Waals surface area contributed by atoms with Gasteiger partial charge in [-0.1, -0.05) is 60.3 Å². The van der Waals surface area contributed by atoms with Crippen molar-refractivity contribution in [3.8, 4) is 0 Å². The van der Waals surface area contributed by atoms with Crippen LogP contribution in [0.5, 0.6) is 0 Å². The monoisotopic (exact) mass is 489 g/mol. The van der Waals surface area contributed by atoms with E-state index in [9.17, 15) is 9.59 Å². The molecule has 1 amide bonds. The minimum absolute atomic E-state index is 0.0359. The van der Waals surface area contributed by atoms with Crippen LogP contribution in [0.25, 0.3) is 10.9 Å². The van der Waals surface area contributed by atoms with E-state index in [2.05, 4.69) is 23.6 Å². The summed E-state index contributed by atoms with van der Waals surface area (Å²) in [7, 11) is 0. The first-order valence-electron chi connectivity index (χ1n) is 11.7. The van der Waals surface area contributed by atoms with Crippen LogP contribution in [0, 0.1) is 0 Å². The van der Waals surface area contributed by atoms with Gasteiger partial charge in [0, 0.05) is 18.0 Å². The van der Waals surface area contributed by atoms with E-state index in [1.165, 1.54) is 22.2 Å². The molecular weight excluding hydrogens is 462 g/mol. The van der Waals surface area contributed by atoms with Crippen molar-refractivity contribution < 1.29 is 4.79 Å². The lowest BCUT2D eigenvalue weighted by Crippen LogP contribution is -2.32. The SMILES string of the molecule is O=C(CSc1nc2ccccc2c(=O)n1CCCc1ccccc1)N1CCCC1c1cccs1. The van der Waals surface area contributed by atoms with Crippen molar-refractivity contribution in [2.45, 2.75) is 43.4 Å². The number of carbonyl (C=O) groups excluding carboxylic acids is 1. The Morgan fingerprint density at radius 2 is 1.88 bits per heavy atom. The molecule has 34 heavy (non-hydrogen) atoms. The quantitative estimate of drug-likeness (QED) is 0.241. The maximum atomic E-state index is 13.3. The van der Waals surface area contributed by atoms with Crippen LogP contribution in [0.2, 0.25) is 0 Å². The van der Waals surface area contributed by atoms with Crippen LogP contribution in [-0.4, -0.2) is 32.7 Å². The highest BCUT2D eigenvalue weighted by Gasteiger charge is 2.30. The van der Waals surface area contributed by atoms with Gasteiger partial charge in [0.05, 0.1) is 22.7 Å². The molecule has 1 fully saturated rings. The fourth-order valence-electron chi connectivity index (χ4n) is 4.59. The Morgan fingerprint density at radius 1 is 1.06 bits per heavy atom. The van der Waals surface area contributed by atoms with Crippen molar-refractivity contribution in [3.05, 3.63) is 92.9 Å². The van der Waals surface area contributed by atoms with E-state index in [4.69, 9.17) is 4.98 Å². The Morgan fingerprint density at radius 3 is 2.71 bits per heavy atom. The Bertz CT molecular complexity index is 1320. The Labute approximate surface area is 207 Å². The number of thioether (sulfide) groups is 1. The minimum Gasteiger partial charge on any atom is -0.334 e. The van der Waals surface area contributed by atoms with Crippen LogP contribution in [-0.2, 0) is 17.8 Å². The van der Waals surface area contributed by atoms with Gasteiger partial charge in [-0.2, -0.15) is 0 Å². The second kappa shape index (κ2) is 10.6. The summed E-state index contributed by atoms with van der Waals surface area (Å²) >= 11 is 3.09. The molecule has 0 bridgehead atoms. The largest absolute Gasteiger partial charge is 0.334 e. The van der Waals surface area contributed by atoms with Gasteiger partial charge in [0.25, 0.3) is 5.56 Å². The third-order valence-corrected chi connectivity index (χ3v) is 8.22. The van der Waals surface area contributed by atoms with Crippen molar-refractivity contribution in [1.29, 1.82) is 0 Å². The zero-order valence-electron chi connectivity index (χ0n) is 18.9. The van der Waals surface area contributed by atoms with Crippen molar-refractivity contribution in [2.24, 2.45) is 0 Å². The first kappa shape index (κ1) is 22.9. The van der Waals surface area contributed by atoms with E-state index in [0.29, 0.717) is 22.6 Å². The molecule has 5 rings (SSSR count). The maximum absolute atomic E-state index is 13.3. The number of aromatic nitrogens is 2. The number of para-hydroxylation sites is 1. The van der Waals surface area contributed by atoms with E-state index in [-0.39, 0.29) is 23.3 Å². The molecule has 0 aliphatic carbocycles. The Hall–Kier alpha value is -2.90. The van der Waals surface area contributed by atoms with Crippen LogP contribution in [0.4, 0.5) is 0 Å². The molecule has 1 saturated heterocycles. The summed E-state index contributed by atoms with van der Waals surface area (Å²) in [6.45, 7) is 1.36. The minimum atomic E-state index is -0.0359. The predicted octanol–water partition coefficient (Wildman–Crippen LogP) is 5.55. The molecule has 0 spiro atoms. The van der Waals surface area contributed by atoms with Gasteiger partial charge in [-0.25, -0.2) is 4.98 Å². The van der Waals surface area contributed by atoms with Gasteiger partial charge in [-0.05, 0) is 54.8 Å². The molecule has 0 N–H and O–H groups in total. The molecule has 2 aromatic carbocycles. The lowest BCUT2D eigenvalue weighted by molar-refractivity contribution is -0.129. The van der Waals surface area contributed by atoms with E-state index < -0.39 is 0 Å². The molecule has 4 aromatic rings. The highest BCUT2D eigenvalue weighted by molar-refractivity contribution is 7.99. The summed E-state index contributed by atoms with van der Waals surface area (Å²) in [6.07, 6.45) is 3.75. The Kier molecular flexibility index (Phi) is 7.11. The van der Waals surface area contributed by atoms with Gasteiger partial charge in [-0.3, -0.25) is 14.2 Å². The smallest absolute Gasteiger partial charge is 0.262 e. The highest BCUT2D eigenvalue weighted by Crippen LogP contribution is 2.35. The van der Waals surface area contributed by atoms with Crippen molar-refractivity contribution in [3.63, 3.8) is 0 Å². The number of carbonyl (C=O) groups is 1. The fraction of sp³-hybridized carbons (Fsp3) is 0.296.